The zero-order chi connectivity index (χ0) is 15.6. The molecule has 0 aliphatic heterocycles. The minimum atomic E-state index is -1.16. The minimum absolute atomic E-state index is 0.334. The van der Waals surface area contributed by atoms with Crippen molar-refractivity contribution < 1.29 is 22.6 Å². The summed E-state index contributed by atoms with van der Waals surface area (Å²) >= 11 is 0. The van der Waals surface area contributed by atoms with Crippen LogP contribution in [0.2, 0.25) is 0 Å². The zero-order valence-corrected chi connectivity index (χ0v) is 11.5. The van der Waals surface area contributed by atoms with Crippen molar-refractivity contribution in [3.05, 3.63) is 58.9 Å². The molecule has 2 rings (SSSR count). The molecule has 0 aliphatic carbocycles. The van der Waals surface area contributed by atoms with Crippen LogP contribution in [0.25, 0.3) is 0 Å². The summed E-state index contributed by atoms with van der Waals surface area (Å²) in [6.07, 6.45) is 0. The van der Waals surface area contributed by atoms with Crippen LogP contribution in [0.1, 0.15) is 17.2 Å². The van der Waals surface area contributed by atoms with Gasteiger partial charge in [0.1, 0.15) is 29.0 Å². The van der Waals surface area contributed by atoms with Gasteiger partial charge in [0.05, 0.1) is 20.3 Å². The van der Waals surface area contributed by atoms with Crippen molar-refractivity contribution in [2.75, 3.05) is 14.2 Å². The Labute approximate surface area is 120 Å². The molecule has 0 saturated carbocycles. The van der Waals surface area contributed by atoms with E-state index in [2.05, 4.69) is 0 Å². The highest BCUT2D eigenvalue weighted by atomic mass is 19.1. The second-order valence-corrected chi connectivity index (χ2v) is 4.37. The molecule has 112 valence electrons. The van der Waals surface area contributed by atoms with Crippen molar-refractivity contribution in [3.63, 3.8) is 0 Å². The van der Waals surface area contributed by atoms with Gasteiger partial charge in [-0.1, -0.05) is 0 Å². The molecule has 3 nitrogen and oxygen atoms in total. The molecule has 0 saturated heterocycles. The number of rotatable bonds is 4. The van der Waals surface area contributed by atoms with Crippen LogP contribution < -0.4 is 15.2 Å². The first-order chi connectivity index (χ1) is 9.97. The number of methoxy groups -OCH3 is 2. The lowest BCUT2D eigenvalue weighted by molar-refractivity contribution is 0.396. The summed E-state index contributed by atoms with van der Waals surface area (Å²) < 4.78 is 50.8. The monoisotopic (exact) mass is 297 g/mol. The van der Waals surface area contributed by atoms with Crippen molar-refractivity contribution in [2.45, 2.75) is 6.04 Å². The summed E-state index contributed by atoms with van der Waals surface area (Å²) in [6, 6.07) is 4.75. The summed E-state index contributed by atoms with van der Waals surface area (Å²) in [5.74, 6) is -2.29. The third kappa shape index (κ3) is 2.95. The first-order valence-electron chi connectivity index (χ1n) is 6.10. The summed E-state index contributed by atoms with van der Waals surface area (Å²) in [5.41, 5.74) is 5.84. The van der Waals surface area contributed by atoms with Crippen molar-refractivity contribution in [1.82, 2.24) is 0 Å². The van der Waals surface area contributed by atoms with Crippen molar-refractivity contribution in [1.29, 1.82) is 0 Å². The number of nitrogens with two attached hydrogens (primary N) is 1. The van der Waals surface area contributed by atoms with E-state index in [0.717, 1.165) is 0 Å². The predicted molar refractivity (Wildman–Crippen MR) is 71.9 cm³/mol. The van der Waals surface area contributed by atoms with Crippen LogP contribution in [0.4, 0.5) is 13.2 Å². The average molecular weight is 297 g/mol. The molecule has 2 N–H and O–H groups in total. The van der Waals surface area contributed by atoms with E-state index in [1.807, 2.05) is 0 Å². The maximum Gasteiger partial charge on any atom is 0.134 e. The quantitative estimate of drug-likeness (QED) is 0.942. The largest absolute Gasteiger partial charge is 0.497 e. The van der Waals surface area contributed by atoms with Crippen molar-refractivity contribution >= 4 is 0 Å². The van der Waals surface area contributed by atoms with Crippen LogP contribution in [-0.4, -0.2) is 14.2 Å². The molecule has 0 amide bonds. The summed E-state index contributed by atoms with van der Waals surface area (Å²) in [4.78, 5) is 0. The smallest absolute Gasteiger partial charge is 0.134 e. The van der Waals surface area contributed by atoms with Gasteiger partial charge in [-0.2, -0.15) is 0 Å². The fourth-order valence-corrected chi connectivity index (χ4v) is 2.09. The van der Waals surface area contributed by atoms with Gasteiger partial charge in [0.15, 0.2) is 0 Å². The SMILES string of the molecule is COc1ccc(OC)c(C(N)c2c(F)cc(F)cc2F)c1. The van der Waals surface area contributed by atoms with Gasteiger partial charge in [-0.15, -0.1) is 0 Å². The highest BCUT2D eigenvalue weighted by Crippen LogP contribution is 2.33. The molecule has 6 heteroatoms. The van der Waals surface area contributed by atoms with Crippen LogP contribution >= 0.6 is 0 Å². The van der Waals surface area contributed by atoms with E-state index < -0.39 is 29.1 Å². The molecule has 21 heavy (non-hydrogen) atoms. The Hall–Kier alpha value is -2.21. The van der Waals surface area contributed by atoms with Crippen molar-refractivity contribution in [2.24, 2.45) is 5.73 Å². The molecule has 0 bridgehead atoms. The van der Waals surface area contributed by atoms with E-state index in [-0.39, 0.29) is 0 Å². The minimum Gasteiger partial charge on any atom is -0.497 e. The predicted octanol–water partition coefficient (Wildman–Crippen LogP) is 3.17. The molecule has 0 fully saturated rings. The molecule has 0 aromatic heterocycles. The number of benzene rings is 2. The van der Waals surface area contributed by atoms with Crippen molar-refractivity contribution in [3.8, 4) is 11.5 Å². The third-order valence-electron chi connectivity index (χ3n) is 3.13. The van der Waals surface area contributed by atoms with Gasteiger partial charge >= 0.3 is 0 Å². The lowest BCUT2D eigenvalue weighted by Crippen LogP contribution is -2.17. The van der Waals surface area contributed by atoms with Crippen LogP contribution in [-0.2, 0) is 0 Å². The second kappa shape index (κ2) is 6.05. The van der Waals surface area contributed by atoms with E-state index in [1.54, 1.807) is 12.1 Å². The third-order valence-corrected chi connectivity index (χ3v) is 3.13. The first-order valence-corrected chi connectivity index (χ1v) is 6.10. The Morgan fingerprint density at radius 2 is 1.57 bits per heavy atom. The van der Waals surface area contributed by atoms with Gasteiger partial charge in [-0.3, -0.25) is 0 Å². The van der Waals surface area contributed by atoms with Gasteiger partial charge in [0.25, 0.3) is 0 Å². The average Bonchev–Trinajstić information content (AvgIpc) is 2.45. The number of hydrogen-bond donors (Lipinski definition) is 1. The summed E-state index contributed by atoms with van der Waals surface area (Å²) in [5, 5.41) is 0. The Kier molecular flexibility index (Phi) is 4.37. The topological polar surface area (TPSA) is 44.5 Å². The maximum absolute atomic E-state index is 13.8. The Morgan fingerprint density at radius 3 is 2.10 bits per heavy atom. The molecule has 2 aromatic carbocycles. The highest BCUT2D eigenvalue weighted by Gasteiger charge is 2.23. The molecule has 0 radical (unpaired) electrons. The number of hydrogen-bond acceptors (Lipinski definition) is 3. The standard InChI is InChI=1S/C15H14F3NO2/c1-20-9-3-4-13(21-2)10(7-9)15(19)14-11(17)5-8(16)6-12(14)18/h3-7,15H,19H2,1-2H3. The lowest BCUT2D eigenvalue weighted by Gasteiger charge is -2.18. The second-order valence-electron chi connectivity index (χ2n) is 4.37. The Balaban J connectivity index is 2.56. The molecular weight excluding hydrogens is 283 g/mol. The van der Waals surface area contributed by atoms with Gasteiger partial charge in [-0.05, 0) is 18.2 Å². The van der Waals surface area contributed by atoms with Gasteiger partial charge < -0.3 is 15.2 Å². The normalized spacial score (nSPS) is 12.1. The first kappa shape index (κ1) is 15.2. The lowest BCUT2D eigenvalue weighted by atomic mass is 9.97. The number of ether oxygens (including phenoxy) is 2. The molecule has 0 aliphatic rings. The van der Waals surface area contributed by atoms with E-state index in [1.165, 1.54) is 20.3 Å². The van der Waals surface area contributed by atoms with Crippen LogP contribution in [0.3, 0.4) is 0 Å². The molecule has 1 unspecified atom stereocenters. The summed E-state index contributed by atoms with van der Waals surface area (Å²) in [7, 11) is 2.87. The Bertz CT molecular complexity index is 638. The fourth-order valence-electron chi connectivity index (χ4n) is 2.09. The van der Waals surface area contributed by atoms with Gasteiger partial charge in [0, 0.05) is 23.3 Å². The van der Waals surface area contributed by atoms with E-state index in [0.29, 0.717) is 29.2 Å². The highest BCUT2D eigenvalue weighted by molar-refractivity contribution is 5.46. The molecule has 1 atom stereocenters. The van der Waals surface area contributed by atoms with Gasteiger partial charge in [-0.25, -0.2) is 13.2 Å². The molecular formula is C15H14F3NO2. The fraction of sp³-hybridized carbons (Fsp3) is 0.200. The zero-order valence-electron chi connectivity index (χ0n) is 11.5. The summed E-state index contributed by atoms with van der Waals surface area (Å²) in [6.45, 7) is 0. The van der Waals surface area contributed by atoms with Gasteiger partial charge in [0.2, 0.25) is 0 Å². The molecule has 0 heterocycles. The number of halogens is 3. The maximum atomic E-state index is 13.8. The van der Waals surface area contributed by atoms with E-state index in [4.69, 9.17) is 15.2 Å². The molecule has 2 aromatic rings. The van der Waals surface area contributed by atoms with Crippen LogP contribution in [0.15, 0.2) is 30.3 Å². The van der Waals surface area contributed by atoms with E-state index >= 15 is 0 Å². The van der Waals surface area contributed by atoms with Crippen LogP contribution in [0.5, 0.6) is 11.5 Å². The van der Waals surface area contributed by atoms with E-state index in [9.17, 15) is 13.2 Å². The molecule has 0 spiro atoms. The van der Waals surface area contributed by atoms with Crippen LogP contribution in [0, 0.1) is 17.5 Å². The Morgan fingerprint density at radius 1 is 0.952 bits per heavy atom.